The van der Waals surface area contributed by atoms with Crippen molar-refractivity contribution in [2.24, 2.45) is 0 Å². The van der Waals surface area contributed by atoms with Gasteiger partial charge in [0.15, 0.2) is 0 Å². The molecule has 0 fully saturated rings. The lowest BCUT2D eigenvalue weighted by Gasteiger charge is -2.27. The highest BCUT2D eigenvalue weighted by Gasteiger charge is 2.29. The lowest BCUT2D eigenvalue weighted by atomic mass is 10.0. The number of carbonyl (C=O) groups excluding carboxylic acids is 1. The first kappa shape index (κ1) is 15.8. The van der Waals surface area contributed by atoms with Crippen molar-refractivity contribution in [1.82, 2.24) is 20.5 Å². The predicted molar refractivity (Wildman–Crippen MR) is 85.8 cm³/mol. The lowest BCUT2D eigenvalue weighted by Crippen LogP contribution is -2.45. The maximum atomic E-state index is 12.1. The first-order chi connectivity index (χ1) is 10.1. The molecule has 0 saturated carbocycles. The number of rotatable bonds is 6. The number of nitrogens with zero attached hydrogens (tertiary/aromatic N) is 3. The second-order valence-electron chi connectivity index (χ2n) is 4.85. The van der Waals surface area contributed by atoms with Crippen molar-refractivity contribution in [3.8, 4) is 0 Å². The molecule has 2 N–H and O–H groups in total. The van der Waals surface area contributed by atoms with E-state index in [0.717, 1.165) is 29.3 Å². The van der Waals surface area contributed by atoms with Gasteiger partial charge in [0.05, 0.1) is 5.54 Å². The molecular weight excluding hydrogens is 306 g/mol. The van der Waals surface area contributed by atoms with E-state index in [1.807, 2.05) is 19.2 Å². The smallest absolute Gasteiger partial charge is 0.321 e. The summed E-state index contributed by atoms with van der Waals surface area (Å²) in [6, 6.07) is -0.284. The first-order valence-corrected chi connectivity index (χ1v) is 8.58. The number of thiazole rings is 1. The van der Waals surface area contributed by atoms with E-state index in [0.29, 0.717) is 5.13 Å². The molecule has 0 bridgehead atoms. The molecule has 2 aromatic rings. The maximum absolute atomic E-state index is 12.1. The van der Waals surface area contributed by atoms with Gasteiger partial charge in [-0.05, 0) is 19.8 Å². The zero-order chi connectivity index (χ0) is 15.3. The number of anilines is 1. The number of amides is 2. The Labute approximate surface area is 132 Å². The van der Waals surface area contributed by atoms with Gasteiger partial charge in [-0.1, -0.05) is 25.2 Å². The van der Waals surface area contributed by atoms with Gasteiger partial charge in [-0.25, -0.2) is 9.78 Å². The number of hydrogen-bond donors (Lipinski definition) is 2. The summed E-state index contributed by atoms with van der Waals surface area (Å²) in [6.07, 6.45) is 4.39. The second kappa shape index (κ2) is 6.95. The number of aromatic nitrogens is 3. The molecular formula is C13H19N5OS2. The minimum absolute atomic E-state index is 0.284. The van der Waals surface area contributed by atoms with Crippen molar-refractivity contribution in [3.05, 3.63) is 21.6 Å². The largest absolute Gasteiger partial charge is 0.326 e. The normalized spacial score (nSPS) is 13.7. The molecule has 0 saturated heterocycles. The van der Waals surface area contributed by atoms with E-state index in [2.05, 4.69) is 32.7 Å². The molecule has 1 atom stereocenters. The van der Waals surface area contributed by atoms with Crippen molar-refractivity contribution < 1.29 is 4.79 Å². The van der Waals surface area contributed by atoms with Crippen LogP contribution in [0.1, 0.15) is 43.6 Å². The highest BCUT2D eigenvalue weighted by molar-refractivity contribution is 7.15. The molecule has 114 valence electrons. The fourth-order valence-corrected chi connectivity index (χ4v) is 3.45. The monoisotopic (exact) mass is 325 g/mol. The molecule has 2 rings (SSSR count). The molecule has 2 amide bonds. The first-order valence-electron chi connectivity index (χ1n) is 6.89. The van der Waals surface area contributed by atoms with Crippen LogP contribution in [0, 0.1) is 0 Å². The number of nitrogens with one attached hydrogen (secondary N) is 2. The summed E-state index contributed by atoms with van der Waals surface area (Å²) in [7, 11) is 0. The van der Waals surface area contributed by atoms with Gasteiger partial charge in [0.1, 0.15) is 10.0 Å². The Morgan fingerprint density at radius 1 is 1.38 bits per heavy atom. The Kier molecular flexibility index (Phi) is 5.24. The molecule has 2 aromatic heterocycles. The number of urea groups is 1. The average Bonchev–Trinajstić information content (AvgIpc) is 3.11. The van der Waals surface area contributed by atoms with E-state index in [-0.39, 0.29) is 6.03 Å². The average molecular weight is 325 g/mol. The zero-order valence-electron chi connectivity index (χ0n) is 12.3. The quantitative estimate of drug-likeness (QED) is 0.853. The van der Waals surface area contributed by atoms with Gasteiger partial charge in [-0.3, -0.25) is 5.32 Å². The van der Waals surface area contributed by atoms with E-state index in [1.54, 1.807) is 6.20 Å². The van der Waals surface area contributed by atoms with Crippen molar-refractivity contribution in [2.45, 2.75) is 45.6 Å². The van der Waals surface area contributed by atoms with Crippen molar-refractivity contribution in [2.75, 3.05) is 5.32 Å². The molecule has 0 aliphatic rings. The summed E-state index contributed by atoms with van der Waals surface area (Å²) >= 11 is 2.94. The molecule has 0 radical (unpaired) electrons. The van der Waals surface area contributed by atoms with Crippen molar-refractivity contribution >= 4 is 33.8 Å². The van der Waals surface area contributed by atoms with Crippen LogP contribution in [0.3, 0.4) is 0 Å². The molecule has 0 spiro atoms. The minimum atomic E-state index is -0.477. The van der Waals surface area contributed by atoms with E-state index in [1.165, 1.54) is 22.7 Å². The van der Waals surface area contributed by atoms with Crippen LogP contribution in [0.4, 0.5) is 9.93 Å². The van der Waals surface area contributed by atoms with Crippen LogP contribution < -0.4 is 10.6 Å². The third-order valence-electron chi connectivity index (χ3n) is 3.15. The van der Waals surface area contributed by atoms with Crippen LogP contribution >= 0.6 is 22.7 Å². The zero-order valence-corrected chi connectivity index (χ0v) is 14.0. The van der Waals surface area contributed by atoms with Crippen LogP contribution in [0.2, 0.25) is 0 Å². The Morgan fingerprint density at radius 2 is 2.19 bits per heavy atom. The van der Waals surface area contributed by atoms with Gasteiger partial charge in [0.2, 0.25) is 5.13 Å². The summed E-state index contributed by atoms with van der Waals surface area (Å²) in [5.74, 6) is 0. The van der Waals surface area contributed by atoms with Gasteiger partial charge < -0.3 is 5.32 Å². The number of aryl methyl sites for hydroxylation is 1. The summed E-state index contributed by atoms with van der Waals surface area (Å²) in [5, 5.41) is 18.0. The Balaban J connectivity index is 1.99. The van der Waals surface area contributed by atoms with E-state index < -0.39 is 5.54 Å². The summed E-state index contributed by atoms with van der Waals surface area (Å²) in [5.41, 5.74) is -0.477. The highest BCUT2D eigenvalue weighted by atomic mass is 32.1. The van der Waals surface area contributed by atoms with Crippen molar-refractivity contribution in [1.29, 1.82) is 0 Å². The van der Waals surface area contributed by atoms with Crippen LogP contribution in [0.25, 0.3) is 0 Å². The third-order valence-corrected chi connectivity index (χ3v) is 5.09. The van der Waals surface area contributed by atoms with Gasteiger partial charge >= 0.3 is 6.03 Å². The summed E-state index contributed by atoms with van der Waals surface area (Å²) < 4.78 is 0. The summed E-state index contributed by atoms with van der Waals surface area (Å²) in [4.78, 5) is 16.4. The maximum Gasteiger partial charge on any atom is 0.321 e. The summed E-state index contributed by atoms with van der Waals surface area (Å²) in [6.45, 7) is 6.07. The molecule has 2 heterocycles. The van der Waals surface area contributed by atoms with Gasteiger partial charge in [-0.15, -0.1) is 21.5 Å². The standard InChI is InChI=1S/C13H19N5OS2/c1-4-6-9-17-18-12(21-9)15-11(19)16-13(3,5-2)10-14-7-8-20-10/h7-8H,4-6H2,1-3H3,(H2,15,16,18,19)/t13-/m0/s1. The lowest BCUT2D eigenvalue weighted by molar-refractivity contribution is 0.237. The molecule has 8 heteroatoms. The van der Waals surface area contributed by atoms with E-state index >= 15 is 0 Å². The Bertz CT molecular complexity index is 583. The van der Waals surface area contributed by atoms with E-state index in [4.69, 9.17) is 0 Å². The fourth-order valence-electron chi connectivity index (χ4n) is 1.79. The second-order valence-corrected chi connectivity index (χ2v) is 6.81. The van der Waals surface area contributed by atoms with Crippen molar-refractivity contribution in [3.63, 3.8) is 0 Å². The van der Waals surface area contributed by atoms with E-state index in [9.17, 15) is 4.79 Å². The molecule has 0 aromatic carbocycles. The number of carbonyl (C=O) groups is 1. The fraction of sp³-hybridized carbons (Fsp3) is 0.538. The molecule has 0 aliphatic heterocycles. The van der Waals surface area contributed by atoms with Crippen LogP contribution in [-0.4, -0.2) is 21.2 Å². The topological polar surface area (TPSA) is 79.8 Å². The van der Waals surface area contributed by atoms with Gasteiger partial charge in [0.25, 0.3) is 0 Å². The number of hydrogen-bond acceptors (Lipinski definition) is 6. The Morgan fingerprint density at radius 3 is 2.81 bits per heavy atom. The van der Waals surface area contributed by atoms with Gasteiger partial charge in [0, 0.05) is 18.0 Å². The molecule has 6 nitrogen and oxygen atoms in total. The highest BCUT2D eigenvalue weighted by Crippen LogP contribution is 2.26. The van der Waals surface area contributed by atoms with Crippen LogP contribution in [0.15, 0.2) is 11.6 Å². The molecule has 0 aliphatic carbocycles. The third kappa shape index (κ3) is 3.98. The van der Waals surface area contributed by atoms with Crippen LogP contribution in [-0.2, 0) is 12.0 Å². The van der Waals surface area contributed by atoms with Gasteiger partial charge in [-0.2, -0.15) is 0 Å². The predicted octanol–water partition coefficient (Wildman–Crippen LogP) is 3.39. The SMILES string of the molecule is CCCc1nnc(NC(=O)N[C@@](C)(CC)c2nccs2)s1. The Hall–Kier alpha value is -1.54. The minimum Gasteiger partial charge on any atom is -0.326 e. The molecule has 0 unspecified atom stereocenters. The van der Waals surface area contributed by atoms with Crippen LogP contribution in [0.5, 0.6) is 0 Å². The molecule has 21 heavy (non-hydrogen) atoms.